The number of benzene rings is 4. The maximum Gasteiger partial charge on any atom is 0.272 e. The molecule has 0 unspecified atom stereocenters. The number of rotatable bonds is 13. The Morgan fingerprint density at radius 1 is 0.609 bits per heavy atom. The van der Waals surface area contributed by atoms with Gasteiger partial charge in [0.1, 0.15) is 5.70 Å². The minimum absolute atomic E-state index is 0.00509. The van der Waals surface area contributed by atoms with Gasteiger partial charge in [-0.05, 0) is 83.9 Å². The molecule has 10 heteroatoms. The van der Waals surface area contributed by atoms with Crippen LogP contribution in [0.25, 0.3) is 12.2 Å². The lowest BCUT2D eigenvalue weighted by molar-refractivity contribution is -0.113. The van der Waals surface area contributed by atoms with Crippen LogP contribution in [0.5, 0.6) is 28.7 Å². The largest absolute Gasteiger partial charge is 0.493 e. The van der Waals surface area contributed by atoms with E-state index in [4.69, 9.17) is 23.7 Å². The highest BCUT2D eigenvalue weighted by atomic mass is 16.5. The van der Waals surface area contributed by atoms with Crippen molar-refractivity contribution >= 4 is 35.4 Å². The van der Waals surface area contributed by atoms with E-state index in [9.17, 15) is 14.4 Å². The van der Waals surface area contributed by atoms with Crippen LogP contribution in [-0.4, -0.2) is 53.1 Å². The summed E-state index contributed by atoms with van der Waals surface area (Å²) in [5, 5.41) is 5.49. The third-order valence-corrected chi connectivity index (χ3v) is 6.79. The summed E-state index contributed by atoms with van der Waals surface area (Å²) in [5.41, 5.74) is 2.47. The lowest BCUT2D eigenvalue weighted by Gasteiger charge is -2.13. The van der Waals surface area contributed by atoms with Gasteiger partial charge in [-0.2, -0.15) is 0 Å². The average Bonchev–Trinajstić information content (AvgIpc) is 3.10. The zero-order valence-electron chi connectivity index (χ0n) is 26.1. The predicted octanol–water partition coefficient (Wildman–Crippen LogP) is 6.04. The van der Waals surface area contributed by atoms with Crippen LogP contribution in [0, 0.1) is 0 Å². The Kier molecular flexibility index (Phi) is 11.2. The summed E-state index contributed by atoms with van der Waals surface area (Å²) in [4.78, 5) is 39.3. The third-order valence-electron chi connectivity index (χ3n) is 6.79. The van der Waals surface area contributed by atoms with Crippen molar-refractivity contribution in [2.75, 3.05) is 40.9 Å². The van der Waals surface area contributed by atoms with E-state index in [0.717, 1.165) is 0 Å². The standard InChI is InChI=1S/C36H34N2O8/c1-42-30-18-12-23(20-31(30)43-2)19-28(38-35(40)26-9-7-6-8-10-26)36(41)37-27-15-13-25(14-16-27)29(39)17-11-24-21-32(44-3)34(46-5)33(22-24)45-4/h6-22H,1-5H3,(H,37,41)(H,38,40)/b17-11+,28-19-. The fourth-order valence-corrected chi connectivity index (χ4v) is 4.43. The average molecular weight is 623 g/mol. The van der Waals surface area contributed by atoms with Crippen molar-refractivity contribution in [2.45, 2.75) is 0 Å². The summed E-state index contributed by atoms with van der Waals surface area (Å²) >= 11 is 0. The van der Waals surface area contributed by atoms with Gasteiger partial charge in [0.2, 0.25) is 5.75 Å². The van der Waals surface area contributed by atoms with E-state index in [2.05, 4.69) is 10.6 Å². The van der Waals surface area contributed by atoms with Crippen molar-refractivity contribution in [1.82, 2.24) is 5.32 Å². The summed E-state index contributed by atoms with van der Waals surface area (Å²) in [7, 11) is 7.58. The van der Waals surface area contributed by atoms with E-state index < -0.39 is 11.8 Å². The summed E-state index contributed by atoms with van der Waals surface area (Å²) in [6, 6.07) is 23.5. The molecule has 0 spiro atoms. The third kappa shape index (κ3) is 8.11. The van der Waals surface area contributed by atoms with Crippen LogP contribution in [0.2, 0.25) is 0 Å². The topological polar surface area (TPSA) is 121 Å². The molecule has 0 bridgehead atoms. The number of anilines is 1. The van der Waals surface area contributed by atoms with E-state index in [-0.39, 0.29) is 11.5 Å². The normalized spacial score (nSPS) is 11.0. The number of ketones is 1. The summed E-state index contributed by atoms with van der Waals surface area (Å²) in [5.74, 6) is 1.09. The van der Waals surface area contributed by atoms with Gasteiger partial charge in [0.15, 0.2) is 28.8 Å². The number of carbonyl (C=O) groups is 3. The molecule has 10 nitrogen and oxygen atoms in total. The zero-order valence-corrected chi connectivity index (χ0v) is 26.1. The molecule has 236 valence electrons. The van der Waals surface area contributed by atoms with Crippen molar-refractivity contribution in [2.24, 2.45) is 0 Å². The van der Waals surface area contributed by atoms with Crippen LogP contribution < -0.4 is 34.3 Å². The smallest absolute Gasteiger partial charge is 0.272 e. The minimum Gasteiger partial charge on any atom is -0.493 e. The maximum absolute atomic E-state index is 13.4. The first-order valence-electron chi connectivity index (χ1n) is 14.0. The highest BCUT2D eigenvalue weighted by Gasteiger charge is 2.17. The molecule has 4 aromatic rings. The molecular weight excluding hydrogens is 588 g/mol. The second-order valence-electron chi connectivity index (χ2n) is 9.68. The maximum atomic E-state index is 13.4. The molecule has 2 N–H and O–H groups in total. The summed E-state index contributed by atoms with van der Waals surface area (Å²) < 4.78 is 26.8. The van der Waals surface area contributed by atoms with E-state index >= 15 is 0 Å². The van der Waals surface area contributed by atoms with Gasteiger partial charge in [-0.1, -0.05) is 30.3 Å². The molecule has 0 atom stereocenters. The van der Waals surface area contributed by atoms with Gasteiger partial charge in [-0.3, -0.25) is 14.4 Å². The number of carbonyl (C=O) groups excluding carboxylic acids is 3. The van der Waals surface area contributed by atoms with Crippen molar-refractivity contribution in [3.8, 4) is 28.7 Å². The van der Waals surface area contributed by atoms with Crippen LogP contribution in [0.1, 0.15) is 31.8 Å². The molecule has 0 radical (unpaired) electrons. The summed E-state index contributed by atoms with van der Waals surface area (Å²) in [6.45, 7) is 0. The Hall–Kier alpha value is -6.03. The van der Waals surface area contributed by atoms with E-state index in [1.54, 1.807) is 91.0 Å². The Morgan fingerprint density at radius 2 is 1.22 bits per heavy atom. The first kappa shape index (κ1) is 32.9. The van der Waals surface area contributed by atoms with Crippen LogP contribution in [-0.2, 0) is 4.79 Å². The van der Waals surface area contributed by atoms with Gasteiger partial charge in [-0.25, -0.2) is 0 Å². The molecule has 0 aliphatic heterocycles. The number of hydrogen-bond acceptors (Lipinski definition) is 8. The molecular formula is C36H34N2O8. The summed E-state index contributed by atoms with van der Waals surface area (Å²) in [6.07, 6.45) is 4.60. The second-order valence-corrected chi connectivity index (χ2v) is 9.68. The fourth-order valence-electron chi connectivity index (χ4n) is 4.43. The zero-order chi connectivity index (χ0) is 33.1. The highest BCUT2D eigenvalue weighted by Crippen LogP contribution is 2.38. The molecule has 0 saturated heterocycles. The fraction of sp³-hybridized carbons (Fsp3) is 0.139. The first-order chi connectivity index (χ1) is 22.3. The number of ether oxygens (including phenoxy) is 5. The van der Waals surface area contributed by atoms with Crippen molar-refractivity contribution < 1.29 is 38.1 Å². The minimum atomic E-state index is -0.569. The monoisotopic (exact) mass is 622 g/mol. The Balaban J connectivity index is 1.53. The van der Waals surface area contributed by atoms with E-state index in [1.807, 2.05) is 0 Å². The molecule has 4 aromatic carbocycles. The lowest BCUT2D eigenvalue weighted by Crippen LogP contribution is -2.30. The van der Waals surface area contributed by atoms with Crippen molar-refractivity contribution in [3.05, 3.63) is 119 Å². The number of methoxy groups -OCH3 is 5. The number of allylic oxidation sites excluding steroid dienone is 1. The molecule has 0 heterocycles. The molecule has 0 aliphatic carbocycles. The predicted molar refractivity (Wildman–Crippen MR) is 176 cm³/mol. The molecule has 46 heavy (non-hydrogen) atoms. The van der Waals surface area contributed by atoms with Crippen LogP contribution in [0.4, 0.5) is 5.69 Å². The van der Waals surface area contributed by atoms with Crippen molar-refractivity contribution in [1.29, 1.82) is 0 Å². The molecule has 0 aromatic heterocycles. The van der Waals surface area contributed by atoms with Gasteiger partial charge < -0.3 is 34.3 Å². The number of nitrogens with one attached hydrogen (secondary N) is 2. The van der Waals surface area contributed by atoms with Crippen LogP contribution >= 0.6 is 0 Å². The molecule has 0 aliphatic rings. The Labute approximate surface area is 267 Å². The highest BCUT2D eigenvalue weighted by molar-refractivity contribution is 6.11. The quantitative estimate of drug-likeness (QED) is 0.137. The molecule has 4 rings (SSSR count). The van der Waals surface area contributed by atoms with Gasteiger partial charge in [-0.15, -0.1) is 0 Å². The van der Waals surface area contributed by atoms with E-state index in [1.165, 1.54) is 47.7 Å². The van der Waals surface area contributed by atoms with Gasteiger partial charge >= 0.3 is 0 Å². The number of hydrogen-bond donors (Lipinski definition) is 2. The molecule has 0 fully saturated rings. The molecule has 2 amide bonds. The Bertz CT molecular complexity index is 1740. The van der Waals surface area contributed by atoms with Crippen LogP contribution in [0.3, 0.4) is 0 Å². The molecule has 0 saturated carbocycles. The van der Waals surface area contributed by atoms with Crippen molar-refractivity contribution in [3.63, 3.8) is 0 Å². The number of amides is 2. The first-order valence-corrected chi connectivity index (χ1v) is 14.0. The van der Waals surface area contributed by atoms with E-state index in [0.29, 0.717) is 56.7 Å². The van der Waals surface area contributed by atoms with Gasteiger partial charge in [0.25, 0.3) is 11.8 Å². The van der Waals surface area contributed by atoms with Gasteiger partial charge in [0.05, 0.1) is 35.5 Å². The lowest BCUT2D eigenvalue weighted by atomic mass is 10.1. The SMILES string of the molecule is COc1ccc(/C=C(\NC(=O)c2ccccc2)C(=O)Nc2ccc(C(=O)/C=C/c3cc(OC)c(OC)c(OC)c3)cc2)cc1OC. The second kappa shape index (κ2) is 15.6. The van der Waals surface area contributed by atoms with Crippen LogP contribution in [0.15, 0.2) is 96.7 Å². The van der Waals surface area contributed by atoms with Gasteiger partial charge in [0, 0.05) is 16.8 Å². The Morgan fingerprint density at radius 3 is 1.80 bits per heavy atom.